The van der Waals surface area contributed by atoms with Gasteiger partial charge in [-0.25, -0.2) is 0 Å². The lowest BCUT2D eigenvalue weighted by Crippen LogP contribution is -2.48. The van der Waals surface area contributed by atoms with Crippen LogP contribution < -0.4 is 10.1 Å². The van der Waals surface area contributed by atoms with Gasteiger partial charge in [-0.2, -0.15) is 0 Å². The van der Waals surface area contributed by atoms with Crippen molar-refractivity contribution in [3.05, 3.63) is 28.7 Å². The van der Waals surface area contributed by atoms with E-state index in [4.69, 9.17) is 4.74 Å². The number of halogens is 1. The summed E-state index contributed by atoms with van der Waals surface area (Å²) >= 11 is 3.39. The molecule has 1 aromatic carbocycles. The van der Waals surface area contributed by atoms with Crippen LogP contribution in [-0.2, 0) is 4.79 Å². The number of likely N-dealkylation sites (tertiary alicyclic amines) is 1. The van der Waals surface area contributed by atoms with E-state index in [1.165, 1.54) is 0 Å². The second kappa shape index (κ2) is 8.69. The summed E-state index contributed by atoms with van der Waals surface area (Å²) in [6, 6.07) is 7.80. The number of nitrogens with zero attached hydrogens (tertiary/aromatic N) is 1. The van der Waals surface area contributed by atoms with E-state index in [1.54, 1.807) is 6.92 Å². The number of benzene rings is 1. The highest BCUT2D eigenvalue weighted by Gasteiger charge is 2.23. The Kier molecular flexibility index (Phi) is 6.90. The molecular weight excluding hydrogens is 356 g/mol. The minimum absolute atomic E-state index is 0.0322. The first-order valence-electron chi connectivity index (χ1n) is 8.39. The molecule has 128 valence electrons. The molecule has 1 heterocycles. The summed E-state index contributed by atoms with van der Waals surface area (Å²) in [5.41, 5.74) is 0. The Morgan fingerprint density at radius 2 is 1.87 bits per heavy atom. The van der Waals surface area contributed by atoms with E-state index in [-0.39, 0.29) is 11.9 Å². The van der Waals surface area contributed by atoms with Crippen LogP contribution in [0.25, 0.3) is 0 Å². The van der Waals surface area contributed by atoms with Crippen LogP contribution in [0.3, 0.4) is 0 Å². The Morgan fingerprint density at radius 1 is 1.26 bits per heavy atom. The zero-order valence-corrected chi connectivity index (χ0v) is 15.8. The lowest BCUT2D eigenvalue weighted by molar-refractivity contribution is -0.128. The van der Waals surface area contributed by atoms with E-state index in [0.29, 0.717) is 11.7 Å². The van der Waals surface area contributed by atoms with Crippen molar-refractivity contribution in [2.75, 3.05) is 19.6 Å². The third-order valence-electron chi connectivity index (χ3n) is 4.05. The predicted octanol–water partition coefficient (Wildman–Crippen LogP) is 3.45. The molecule has 1 N–H and O–H groups in total. The van der Waals surface area contributed by atoms with Crippen molar-refractivity contribution in [3.8, 4) is 5.75 Å². The molecule has 0 spiro atoms. The first-order chi connectivity index (χ1) is 10.9. The highest BCUT2D eigenvalue weighted by molar-refractivity contribution is 9.10. The molecular formula is C18H27BrN2O2. The fourth-order valence-corrected chi connectivity index (χ4v) is 3.13. The minimum Gasteiger partial charge on any atom is -0.481 e. The maximum Gasteiger partial charge on any atom is 0.260 e. The van der Waals surface area contributed by atoms with Crippen LogP contribution in [-0.4, -0.2) is 42.6 Å². The Balaban J connectivity index is 1.75. The quantitative estimate of drug-likeness (QED) is 0.818. The normalized spacial score (nSPS) is 18.0. The van der Waals surface area contributed by atoms with Gasteiger partial charge in [-0.3, -0.25) is 4.79 Å². The van der Waals surface area contributed by atoms with Crippen molar-refractivity contribution in [1.82, 2.24) is 10.2 Å². The molecule has 5 heteroatoms. The minimum atomic E-state index is -0.482. The van der Waals surface area contributed by atoms with Gasteiger partial charge in [-0.05, 0) is 49.9 Å². The monoisotopic (exact) mass is 382 g/mol. The summed E-state index contributed by atoms with van der Waals surface area (Å²) in [5, 5.41) is 3.12. The molecule has 4 nitrogen and oxygen atoms in total. The molecule has 1 aromatic rings. The number of carbonyl (C=O) groups excluding carboxylic acids is 1. The van der Waals surface area contributed by atoms with E-state index in [1.807, 2.05) is 24.3 Å². The molecule has 0 bridgehead atoms. The first-order valence-corrected chi connectivity index (χ1v) is 9.18. The highest BCUT2D eigenvalue weighted by Crippen LogP contribution is 2.18. The molecule has 1 aliphatic heterocycles. The van der Waals surface area contributed by atoms with Gasteiger partial charge in [0.2, 0.25) is 0 Å². The Labute approximate surface area is 147 Å². The number of amides is 1. The Morgan fingerprint density at radius 3 is 2.43 bits per heavy atom. The van der Waals surface area contributed by atoms with Crippen LogP contribution in [0.2, 0.25) is 0 Å². The average molecular weight is 383 g/mol. The van der Waals surface area contributed by atoms with Gasteiger partial charge in [-0.15, -0.1) is 0 Å². The summed E-state index contributed by atoms with van der Waals surface area (Å²) < 4.78 is 6.70. The standard InChI is InChI=1S/C18H27BrN2O2/c1-13(2)12-21-10-8-16(9-11-21)20-18(22)14(3)23-17-6-4-15(19)5-7-17/h4-7,13-14,16H,8-12H2,1-3H3,(H,20,22)/t14-/m0/s1. The van der Waals surface area contributed by atoms with Crippen LogP contribution in [0.15, 0.2) is 28.7 Å². The molecule has 0 aromatic heterocycles. The SMILES string of the molecule is CC(C)CN1CCC(NC(=O)[C@H](C)Oc2ccc(Br)cc2)CC1. The van der Waals surface area contributed by atoms with Crippen molar-refractivity contribution in [3.63, 3.8) is 0 Å². The maximum atomic E-state index is 12.3. The fourth-order valence-electron chi connectivity index (χ4n) is 2.87. The number of rotatable bonds is 6. The van der Waals surface area contributed by atoms with Crippen LogP contribution >= 0.6 is 15.9 Å². The zero-order chi connectivity index (χ0) is 16.8. The molecule has 1 aliphatic rings. The van der Waals surface area contributed by atoms with Crippen molar-refractivity contribution in [2.45, 2.75) is 45.8 Å². The number of ether oxygens (including phenoxy) is 1. The smallest absolute Gasteiger partial charge is 0.260 e. The summed E-state index contributed by atoms with van der Waals surface area (Å²) in [7, 11) is 0. The molecule has 0 saturated carbocycles. The van der Waals surface area contributed by atoms with Gasteiger partial charge in [0.15, 0.2) is 6.10 Å². The van der Waals surface area contributed by atoms with Gasteiger partial charge in [-0.1, -0.05) is 29.8 Å². The summed E-state index contributed by atoms with van der Waals surface area (Å²) in [4.78, 5) is 14.8. The van der Waals surface area contributed by atoms with Crippen LogP contribution in [0.5, 0.6) is 5.75 Å². The van der Waals surface area contributed by atoms with Gasteiger partial charge in [0.25, 0.3) is 5.91 Å². The Bertz CT molecular complexity index is 496. The van der Waals surface area contributed by atoms with E-state index in [9.17, 15) is 4.79 Å². The largest absolute Gasteiger partial charge is 0.481 e. The molecule has 2 rings (SSSR count). The van der Waals surface area contributed by atoms with Crippen LogP contribution in [0.1, 0.15) is 33.6 Å². The molecule has 1 saturated heterocycles. The maximum absolute atomic E-state index is 12.3. The summed E-state index contributed by atoms with van der Waals surface area (Å²) in [6.07, 6.45) is 1.55. The van der Waals surface area contributed by atoms with Crippen molar-refractivity contribution >= 4 is 21.8 Å². The zero-order valence-electron chi connectivity index (χ0n) is 14.2. The van der Waals surface area contributed by atoms with Gasteiger partial charge < -0.3 is 15.0 Å². The number of hydrogen-bond acceptors (Lipinski definition) is 3. The number of carbonyl (C=O) groups is 1. The highest BCUT2D eigenvalue weighted by atomic mass is 79.9. The van der Waals surface area contributed by atoms with E-state index in [2.05, 4.69) is 40.0 Å². The van der Waals surface area contributed by atoms with Crippen molar-refractivity contribution < 1.29 is 9.53 Å². The molecule has 23 heavy (non-hydrogen) atoms. The molecule has 1 fully saturated rings. The number of hydrogen-bond donors (Lipinski definition) is 1. The van der Waals surface area contributed by atoms with Gasteiger partial charge >= 0.3 is 0 Å². The third-order valence-corrected chi connectivity index (χ3v) is 4.58. The molecule has 1 amide bonds. The Hall–Kier alpha value is -1.07. The van der Waals surface area contributed by atoms with Crippen molar-refractivity contribution in [1.29, 1.82) is 0 Å². The summed E-state index contributed by atoms with van der Waals surface area (Å²) in [6.45, 7) is 9.55. The third kappa shape index (κ3) is 6.15. The topological polar surface area (TPSA) is 41.6 Å². The second-order valence-electron chi connectivity index (χ2n) is 6.69. The number of piperidine rings is 1. The van der Waals surface area contributed by atoms with Crippen molar-refractivity contribution in [2.24, 2.45) is 5.92 Å². The van der Waals surface area contributed by atoms with Crippen LogP contribution in [0.4, 0.5) is 0 Å². The fraction of sp³-hybridized carbons (Fsp3) is 0.611. The summed E-state index contributed by atoms with van der Waals surface area (Å²) in [5.74, 6) is 1.37. The lowest BCUT2D eigenvalue weighted by Gasteiger charge is -2.33. The van der Waals surface area contributed by atoms with Crippen LogP contribution in [0, 0.1) is 5.92 Å². The van der Waals surface area contributed by atoms with Gasteiger partial charge in [0.1, 0.15) is 5.75 Å². The average Bonchev–Trinajstić information content (AvgIpc) is 2.51. The molecule has 1 atom stereocenters. The van der Waals surface area contributed by atoms with E-state index in [0.717, 1.165) is 36.9 Å². The second-order valence-corrected chi connectivity index (χ2v) is 7.61. The van der Waals surface area contributed by atoms with E-state index < -0.39 is 6.10 Å². The molecule has 0 aliphatic carbocycles. The predicted molar refractivity (Wildman–Crippen MR) is 96.7 cm³/mol. The first kappa shape index (κ1) is 18.3. The lowest BCUT2D eigenvalue weighted by atomic mass is 10.0. The van der Waals surface area contributed by atoms with Gasteiger partial charge in [0, 0.05) is 30.1 Å². The molecule has 0 unspecified atom stereocenters. The molecule has 0 radical (unpaired) electrons. The number of nitrogens with one attached hydrogen (secondary N) is 1. The van der Waals surface area contributed by atoms with E-state index >= 15 is 0 Å². The van der Waals surface area contributed by atoms with Gasteiger partial charge in [0.05, 0.1) is 0 Å².